The maximum atomic E-state index is 12.3. The number of hydrogen-bond donors (Lipinski definition) is 1. The van der Waals surface area contributed by atoms with Crippen LogP contribution in [0.1, 0.15) is 29.0 Å². The van der Waals surface area contributed by atoms with Gasteiger partial charge in [-0.15, -0.1) is 0 Å². The fourth-order valence-electron chi connectivity index (χ4n) is 2.57. The Kier molecular flexibility index (Phi) is 4.07. The van der Waals surface area contributed by atoms with Gasteiger partial charge in [-0.3, -0.25) is 4.79 Å². The Labute approximate surface area is 109 Å². The number of aryl methyl sites for hydroxylation is 1. The zero-order valence-corrected chi connectivity index (χ0v) is 11.6. The van der Waals surface area contributed by atoms with Gasteiger partial charge in [0, 0.05) is 26.3 Å². The molecule has 4 heteroatoms. The molecule has 1 saturated heterocycles. The molecule has 18 heavy (non-hydrogen) atoms. The average Bonchev–Trinajstić information content (AvgIpc) is 2.70. The molecule has 2 heterocycles. The maximum absolute atomic E-state index is 12.3. The Balaban J connectivity index is 1.98. The molecule has 0 spiro atoms. The zero-order chi connectivity index (χ0) is 13.1. The van der Waals surface area contributed by atoms with Gasteiger partial charge < -0.3 is 14.8 Å². The van der Waals surface area contributed by atoms with Gasteiger partial charge in [-0.1, -0.05) is 0 Å². The standard InChI is InChI=1S/C14H23N3O/c1-11-6-7-13(17(11)3)14(18)16(2)10-12-5-4-8-15-9-12/h6-7,12,15H,4-5,8-10H2,1-3H3. The van der Waals surface area contributed by atoms with Gasteiger partial charge in [-0.05, 0) is 50.9 Å². The monoisotopic (exact) mass is 249 g/mol. The smallest absolute Gasteiger partial charge is 0.270 e. The third kappa shape index (κ3) is 2.75. The summed E-state index contributed by atoms with van der Waals surface area (Å²) >= 11 is 0. The van der Waals surface area contributed by atoms with Crippen LogP contribution >= 0.6 is 0 Å². The molecule has 1 aliphatic rings. The van der Waals surface area contributed by atoms with Crippen molar-refractivity contribution in [3.8, 4) is 0 Å². The van der Waals surface area contributed by atoms with Crippen molar-refractivity contribution in [3.05, 3.63) is 23.5 Å². The largest absolute Gasteiger partial charge is 0.344 e. The van der Waals surface area contributed by atoms with Crippen molar-refractivity contribution in [1.29, 1.82) is 0 Å². The van der Waals surface area contributed by atoms with Gasteiger partial charge >= 0.3 is 0 Å². The van der Waals surface area contributed by atoms with E-state index in [9.17, 15) is 4.79 Å². The van der Waals surface area contributed by atoms with E-state index in [0.717, 1.165) is 31.0 Å². The Morgan fingerprint density at radius 3 is 2.89 bits per heavy atom. The van der Waals surface area contributed by atoms with Gasteiger partial charge in [-0.25, -0.2) is 0 Å². The molecule has 0 aromatic carbocycles. The minimum atomic E-state index is 0.121. The quantitative estimate of drug-likeness (QED) is 0.879. The van der Waals surface area contributed by atoms with Crippen LogP contribution in [0.15, 0.2) is 12.1 Å². The van der Waals surface area contributed by atoms with Crippen LogP contribution in [-0.4, -0.2) is 42.1 Å². The van der Waals surface area contributed by atoms with Crippen LogP contribution in [0.2, 0.25) is 0 Å². The summed E-state index contributed by atoms with van der Waals surface area (Å²) < 4.78 is 1.96. The van der Waals surface area contributed by atoms with E-state index in [2.05, 4.69) is 5.32 Å². The number of nitrogens with zero attached hydrogens (tertiary/aromatic N) is 2. The Morgan fingerprint density at radius 2 is 2.33 bits per heavy atom. The predicted octanol–water partition coefficient (Wildman–Crippen LogP) is 1.41. The summed E-state index contributed by atoms with van der Waals surface area (Å²) in [7, 11) is 3.85. The SMILES string of the molecule is Cc1ccc(C(=O)N(C)CC2CCCNC2)n1C. The third-order valence-electron chi connectivity index (χ3n) is 3.87. The molecule has 1 atom stereocenters. The Bertz CT molecular complexity index is 419. The first-order valence-corrected chi connectivity index (χ1v) is 6.68. The van der Waals surface area contributed by atoms with E-state index in [4.69, 9.17) is 0 Å². The average molecular weight is 249 g/mol. The first-order valence-electron chi connectivity index (χ1n) is 6.68. The molecule has 0 saturated carbocycles. The lowest BCUT2D eigenvalue weighted by molar-refractivity contribution is 0.0755. The van der Waals surface area contributed by atoms with Crippen molar-refractivity contribution in [3.63, 3.8) is 0 Å². The second kappa shape index (κ2) is 5.57. The van der Waals surface area contributed by atoms with E-state index in [-0.39, 0.29) is 5.91 Å². The van der Waals surface area contributed by atoms with Gasteiger partial charge in [-0.2, -0.15) is 0 Å². The van der Waals surface area contributed by atoms with Crippen molar-refractivity contribution >= 4 is 5.91 Å². The second-order valence-electron chi connectivity index (χ2n) is 5.32. The highest BCUT2D eigenvalue weighted by atomic mass is 16.2. The molecular weight excluding hydrogens is 226 g/mol. The van der Waals surface area contributed by atoms with Crippen molar-refractivity contribution in [2.45, 2.75) is 19.8 Å². The van der Waals surface area contributed by atoms with Crippen LogP contribution in [0.4, 0.5) is 0 Å². The van der Waals surface area contributed by atoms with Crippen molar-refractivity contribution in [2.24, 2.45) is 13.0 Å². The highest BCUT2D eigenvalue weighted by molar-refractivity contribution is 5.92. The molecule has 4 nitrogen and oxygen atoms in total. The molecule has 2 rings (SSSR count). The fraction of sp³-hybridized carbons (Fsp3) is 0.643. The number of aromatic nitrogens is 1. The summed E-state index contributed by atoms with van der Waals surface area (Å²) in [5, 5.41) is 3.39. The molecule has 1 unspecified atom stereocenters. The number of nitrogens with one attached hydrogen (secondary N) is 1. The molecular formula is C14H23N3O. The molecule has 1 amide bonds. The van der Waals surface area contributed by atoms with Crippen molar-refractivity contribution in [2.75, 3.05) is 26.7 Å². The second-order valence-corrected chi connectivity index (χ2v) is 5.32. The van der Waals surface area contributed by atoms with Crippen LogP contribution in [0, 0.1) is 12.8 Å². The van der Waals surface area contributed by atoms with Gasteiger partial charge in [0.05, 0.1) is 0 Å². The number of rotatable bonds is 3. The van der Waals surface area contributed by atoms with E-state index < -0.39 is 0 Å². The molecule has 0 radical (unpaired) electrons. The van der Waals surface area contributed by atoms with Crippen LogP contribution in [0.25, 0.3) is 0 Å². The topological polar surface area (TPSA) is 37.3 Å². The summed E-state index contributed by atoms with van der Waals surface area (Å²) in [5.41, 5.74) is 1.89. The van der Waals surface area contributed by atoms with Crippen molar-refractivity contribution < 1.29 is 4.79 Å². The number of carbonyl (C=O) groups is 1. The Morgan fingerprint density at radius 1 is 1.56 bits per heavy atom. The Hall–Kier alpha value is -1.29. The molecule has 1 aliphatic heterocycles. The predicted molar refractivity (Wildman–Crippen MR) is 72.7 cm³/mol. The lowest BCUT2D eigenvalue weighted by atomic mass is 9.99. The fourth-order valence-corrected chi connectivity index (χ4v) is 2.57. The van der Waals surface area contributed by atoms with Gasteiger partial charge in [0.15, 0.2) is 0 Å². The molecule has 100 valence electrons. The molecule has 1 fully saturated rings. The first kappa shape index (κ1) is 13.1. The van der Waals surface area contributed by atoms with Crippen LogP contribution in [0.5, 0.6) is 0 Å². The number of hydrogen-bond acceptors (Lipinski definition) is 2. The summed E-state index contributed by atoms with van der Waals surface area (Å²) in [5.74, 6) is 0.713. The van der Waals surface area contributed by atoms with Gasteiger partial charge in [0.2, 0.25) is 0 Å². The third-order valence-corrected chi connectivity index (χ3v) is 3.87. The molecule has 1 N–H and O–H groups in total. The van der Waals surface area contributed by atoms with E-state index in [1.165, 1.54) is 12.8 Å². The summed E-state index contributed by atoms with van der Waals surface area (Å²) in [6.45, 7) is 5.01. The molecule has 1 aromatic rings. The summed E-state index contributed by atoms with van der Waals surface area (Å²) in [4.78, 5) is 14.2. The summed E-state index contributed by atoms with van der Waals surface area (Å²) in [6.07, 6.45) is 2.44. The number of piperidine rings is 1. The first-order chi connectivity index (χ1) is 8.59. The molecule has 1 aromatic heterocycles. The van der Waals surface area contributed by atoms with Crippen molar-refractivity contribution in [1.82, 2.24) is 14.8 Å². The minimum absolute atomic E-state index is 0.121. The minimum Gasteiger partial charge on any atom is -0.344 e. The van der Waals surface area contributed by atoms with E-state index in [1.807, 2.05) is 42.6 Å². The number of carbonyl (C=O) groups excluding carboxylic acids is 1. The maximum Gasteiger partial charge on any atom is 0.270 e. The molecule has 0 aliphatic carbocycles. The van der Waals surface area contributed by atoms with E-state index in [0.29, 0.717) is 5.92 Å². The van der Waals surface area contributed by atoms with E-state index in [1.54, 1.807) is 0 Å². The number of amides is 1. The molecule has 0 bridgehead atoms. The highest BCUT2D eigenvalue weighted by Gasteiger charge is 2.20. The van der Waals surface area contributed by atoms with Crippen LogP contribution in [0.3, 0.4) is 0 Å². The lowest BCUT2D eigenvalue weighted by Gasteiger charge is -2.27. The van der Waals surface area contributed by atoms with Crippen LogP contribution < -0.4 is 5.32 Å². The zero-order valence-electron chi connectivity index (χ0n) is 11.6. The van der Waals surface area contributed by atoms with Crippen LogP contribution in [-0.2, 0) is 7.05 Å². The lowest BCUT2D eigenvalue weighted by Crippen LogP contribution is -2.39. The highest BCUT2D eigenvalue weighted by Crippen LogP contribution is 2.14. The van der Waals surface area contributed by atoms with Gasteiger partial charge in [0.25, 0.3) is 5.91 Å². The summed E-state index contributed by atoms with van der Waals surface area (Å²) in [6, 6.07) is 3.90. The normalized spacial score (nSPS) is 19.8. The van der Waals surface area contributed by atoms with E-state index >= 15 is 0 Å². The van der Waals surface area contributed by atoms with Gasteiger partial charge in [0.1, 0.15) is 5.69 Å².